The van der Waals surface area contributed by atoms with Gasteiger partial charge in [-0.05, 0) is 46.7 Å². The number of hydrogen-bond acceptors (Lipinski definition) is 7. The number of aliphatic hydroxyl groups is 1. The summed E-state index contributed by atoms with van der Waals surface area (Å²) in [6.07, 6.45) is -0.00972. The van der Waals surface area contributed by atoms with Crippen LogP contribution < -0.4 is 4.74 Å². The van der Waals surface area contributed by atoms with Crippen molar-refractivity contribution in [3.63, 3.8) is 0 Å². The van der Waals surface area contributed by atoms with Crippen molar-refractivity contribution in [1.82, 2.24) is 0 Å². The van der Waals surface area contributed by atoms with Gasteiger partial charge in [0.2, 0.25) is 0 Å². The van der Waals surface area contributed by atoms with E-state index >= 15 is 0 Å². The lowest BCUT2D eigenvalue weighted by atomic mass is 9.94. The van der Waals surface area contributed by atoms with E-state index in [9.17, 15) is 24.9 Å². The fourth-order valence-corrected chi connectivity index (χ4v) is 3.93. The molecule has 3 aromatic rings. The Bertz CT molecular complexity index is 1120. The molecule has 8 heteroatoms. The van der Waals surface area contributed by atoms with Crippen LogP contribution in [-0.4, -0.2) is 38.8 Å². The molecule has 1 aromatic heterocycles. The number of thiophene rings is 1. The van der Waals surface area contributed by atoms with Crippen molar-refractivity contribution < 1.29 is 34.8 Å². The van der Waals surface area contributed by atoms with Crippen LogP contribution >= 0.6 is 11.3 Å². The first-order chi connectivity index (χ1) is 14.3. The zero-order valence-corrected chi connectivity index (χ0v) is 16.7. The zero-order valence-electron chi connectivity index (χ0n) is 15.9. The highest BCUT2D eigenvalue weighted by Gasteiger charge is 2.25. The second-order valence-corrected chi connectivity index (χ2v) is 7.63. The number of carboxylic acid groups (broad SMARTS) is 1. The molecule has 0 radical (unpaired) electrons. The lowest BCUT2D eigenvalue weighted by Crippen LogP contribution is -2.25. The summed E-state index contributed by atoms with van der Waals surface area (Å²) < 4.78 is 6.59. The van der Waals surface area contributed by atoms with Gasteiger partial charge in [0, 0.05) is 28.3 Å². The number of aromatic hydroxyl groups is 2. The maximum absolute atomic E-state index is 12.4. The number of hydrogen-bond donors (Lipinski definition) is 4. The molecule has 156 valence electrons. The normalized spacial score (nSPS) is 11.9. The molecule has 0 fully saturated rings. The minimum atomic E-state index is -1.31. The van der Waals surface area contributed by atoms with Gasteiger partial charge in [-0.25, -0.2) is 0 Å². The third kappa shape index (κ3) is 4.61. The largest absolute Gasteiger partial charge is 0.508 e. The summed E-state index contributed by atoms with van der Waals surface area (Å²) >= 11 is 1.42. The van der Waals surface area contributed by atoms with Crippen LogP contribution in [0.2, 0.25) is 0 Å². The fraction of sp³-hybridized carbons (Fsp3) is 0.182. The van der Waals surface area contributed by atoms with Crippen molar-refractivity contribution in [3.05, 3.63) is 65.1 Å². The number of phenolic OH excluding ortho intramolecular Hbond substituents is 2. The van der Waals surface area contributed by atoms with E-state index in [0.717, 1.165) is 15.6 Å². The average Bonchev–Trinajstić information content (AvgIpc) is 3.09. The summed E-state index contributed by atoms with van der Waals surface area (Å²) in [5.74, 6) is -2.54. The van der Waals surface area contributed by atoms with E-state index in [1.165, 1.54) is 23.5 Å². The Balaban J connectivity index is 1.71. The molecule has 0 amide bonds. The highest BCUT2D eigenvalue weighted by Crippen LogP contribution is 2.31. The molecule has 4 N–H and O–H groups in total. The Kier molecular flexibility index (Phi) is 6.39. The van der Waals surface area contributed by atoms with Crippen LogP contribution in [0.5, 0.6) is 17.2 Å². The van der Waals surface area contributed by atoms with Crippen molar-refractivity contribution in [3.8, 4) is 17.2 Å². The molecule has 1 unspecified atom stereocenters. The van der Waals surface area contributed by atoms with Gasteiger partial charge in [-0.2, -0.15) is 0 Å². The first-order valence-corrected chi connectivity index (χ1v) is 9.87. The van der Waals surface area contributed by atoms with Gasteiger partial charge in [-0.1, -0.05) is 6.58 Å². The topological polar surface area (TPSA) is 124 Å². The van der Waals surface area contributed by atoms with E-state index in [-0.39, 0.29) is 30.1 Å². The van der Waals surface area contributed by atoms with Crippen molar-refractivity contribution in [2.45, 2.75) is 13.0 Å². The monoisotopic (exact) mass is 428 g/mol. The van der Waals surface area contributed by atoms with Gasteiger partial charge in [-0.3, -0.25) is 9.59 Å². The van der Waals surface area contributed by atoms with Gasteiger partial charge in [-0.15, -0.1) is 11.3 Å². The molecule has 3 rings (SSSR count). The minimum Gasteiger partial charge on any atom is -0.508 e. The second kappa shape index (κ2) is 8.98. The number of rotatable bonds is 9. The van der Waals surface area contributed by atoms with E-state index in [1.54, 1.807) is 12.1 Å². The molecule has 0 saturated carbocycles. The molecule has 1 atom stereocenters. The number of fused-ring (bicyclic) bond motifs is 1. The molecular formula is C22H20O7S. The van der Waals surface area contributed by atoms with Gasteiger partial charge in [0.05, 0.1) is 6.61 Å². The molecule has 7 nitrogen and oxygen atoms in total. The molecule has 0 aliphatic rings. The van der Waals surface area contributed by atoms with Crippen LogP contribution in [0.3, 0.4) is 0 Å². The number of carbonyl (C=O) groups excluding carboxylic acids is 1. The van der Waals surface area contributed by atoms with E-state index in [2.05, 4.69) is 6.58 Å². The van der Waals surface area contributed by atoms with E-state index in [0.29, 0.717) is 11.3 Å². The smallest absolute Gasteiger partial charge is 0.313 e. The number of ketones is 1. The number of aliphatic hydroxyl groups excluding tert-OH is 1. The number of ether oxygens (including phenoxy) is 1. The van der Waals surface area contributed by atoms with Crippen molar-refractivity contribution in [1.29, 1.82) is 0 Å². The van der Waals surface area contributed by atoms with Crippen LogP contribution in [0.25, 0.3) is 10.1 Å². The maximum atomic E-state index is 12.4. The Morgan fingerprint density at radius 3 is 2.53 bits per heavy atom. The molecular weight excluding hydrogens is 408 g/mol. The average molecular weight is 428 g/mol. The van der Waals surface area contributed by atoms with Crippen LogP contribution in [0, 0.1) is 5.92 Å². The Labute approximate surface area is 176 Å². The predicted molar refractivity (Wildman–Crippen MR) is 112 cm³/mol. The summed E-state index contributed by atoms with van der Waals surface area (Å²) in [5, 5.41) is 40.1. The number of phenols is 2. The highest BCUT2D eigenvalue weighted by molar-refractivity contribution is 7.17. The summed E-state index contributed by atoms with van der Waals surface area (Å²) in [4.78, 5) is 23.5. The van der Waals surface area contributed by atoms with Crippen LogP contribution in [0.15, 0.2) is 53.9 Å². The Morgan fingerprint density at radius 1 is 1.10 bits per heavy atom. The third-order valence-corrected chi connectivity index (χ3v) is 5.69. The number of aliphatic carboxylic acids is 1. The summed E-state index contributed by atoms with van der Waals surface area (Å²) in [6, 6.07) is 9.64. The summed E-state index contributed by atoms with van der Waals surface area (Å²) in [5.41, 5.74) is 1.14. The molecule has 0 aliphatic heterocycles. The van der Waals surface area contributed by atoms with Gasteiger partial charge >= 0.3 is 5.97 Å². The molecule has 0 bridgehead atoms. The quantitative estimate of drug-likeness (QED) is 0.386. The van der Waals surface area contributed by atoms with Gasteiger partial charge in [0.15, 0.2) is 5.78 Å². The minimum absolute atomic E-state index is 0.00972. The van der Waals surface area contributed by atoms with Crippen LogP contribution in [0.1, 0.15) is 11.1 Å². The molecule has 1 heterocycles. The Hall–Kier alpha value is -3.36. The number of carboxylic acids is 1. The summed E-state index contributed by atoms with van der Waals surface area (Å²) in [6.45, 7) is 2.98. The fourth-order valence-electron chi connectivity index (χ4n) is 2.94. The Morgan fingerprint density at radius 2 is 1.87 bits per heavy atom. The van der Waals surface area contributed by atoms with Crippen molar-refractivity contribution >= 4 is 33.2 Å². The standard InChI is InChI=1S/C22H20O7S/c1-12(18(9-23)22(27)28)19(25)6-14-11-30-21-8-16(4-5-17(14)21)29-10-13-2-3-15(24)7-20(13)26/h2-5,7-8,11,18,23-24,26H,1,6,9-10H2,(H,27,28). The van der Waals surface area contributed by atoms with Gasteiger partial charge < -0.3 is 25.2 Å². The van der Waals surface area contributed by atoms with E-state index in [1.807, 2.05) is 17.5 Å². The van der Waals surface area contributed by atoms with Crippen LogP contribution in [0.4, 0.5) is 0 Å². The third-order valence-electron chi connectivity index (χ3n) is 4.70. The lowest BCUT2D eigenvalue weighted by molar-refractivity contribution is -0.142. The lowest BCUT2D eigenvalue weighted by Gasteiger charge is -2.11. The zero-order chi connectivity index (χ0) is 21.8. The molecule has 0 spiro atoms. The highest BCUT2D eigenvalue weighted by atomic mass is 32.1. The first kappa shape index (κ1) is 21.4. The number of carbonyl (C=O) groups is 2. The van der Waals surface area contributed by atoms with E-state index < -0.39 is 24.3 Å². The number of Topliss-reactive ketones (excluding diaryl/α,β-unsaturated/α-hetero) is 1. The second-order valence-electron chi connectivity index (χ2n) is 6.72. The van der Waals surface area contributed by atoms with Gasteiger partial charge in [0.1, 0.15) is 29.8 Å². The SMILES string of the molecule is C=C(C(=O)Cc1csc2cc(OCc3ccc(O)cc3O)ccc12)C(CO)C(=O)O. The molecule has 2 aromatic carbocycles. The first-order valence-electron chi connectivity index (χ1n) is 8.99. The van der Waals surface area contributed by atoms with E-state index in [4.69, 9.17) is 9.84 Å². The van der Waals surface area contributed by atoms with Crippen LogP contribution in [-0.2, 0) is 22.6 Å². The maximum Gasteiger partial charge on any atom is 0.313 e. The molecule has 30 heavy (non-hydrogen) atoms. The number of benzene rings is 2. The summed E-state index contributed by atoms with van der Waals surface area (Å²) in [7, 11) is 0. The van der Waals surface area contributed by atoms with Gasteiger partial charge in [0.25, 0.3) is 0 Å². The predicted octanol–water partition coefficient (Wildman–Crippen LogP) is 3.25. The van der Waals surface area contributed by atoms with Crippen molar-refractivity contribution in [2.24, 2.45) is 5.92 Å². The van der Waals surface area contributed by atoms with Crippen molar-refractivity contribution in [2.75, 3.05) is 6.61 Å². The molecule has 0 aliphatic carbocycles. The molecule has 0 saturated heterocycles.